The van der Waals surface area contributed by atoms with E-state index in [2.05, 4.69) is 6.58 Å². The van der Waals surface area contributed by atoms with E-state index in [-0.39, 0.29) is 17.1 Å². The summed E-state index contributed by atoms with van der Waals surface area (Å²) in [7, 11) is 0. The molecule has 0 aliphatic carbocycles. The van der Waals surface area contributed by atoms with Crippen molar-refractivity contribution in [3.05, 3.63) is 117 Å². The van der Waals surface area contributed by atoms with Crippen molar-refractivity contribution in [1.82, 2.24) is 0 Å². The molecule has 1 aliphatic rings. The second-order valence-electron chi connectivity index (χ2n) is 8.69. The zero-order valence-electron chi connectivity index (χ0n) is 19.4. The number of fused-ring (bicyclic) bond motifs is 2. The van der Waals surface area contributed by atoms with Crippen molar-refractivity contribution in [3.8, 4) is 5.75 Å². The van der Waals surface area contributed by atoms with Gasteiger partial charge in [0.15, 0.2) is 5.43 Å². The van der Waals surface area contributed by atoms with Crippen LogP contribution in [0.2, 0.25) is 0 Å². The zero-order chi connectivity index (χ0) is 24.0. The minimum absolute atomic E-state index is 0.0940. The summed E-state index contributed by atoms with van der Waals surface area (Å²) in [6.07, 6.45) is 1.68. The second-order valence-corrected chi connectivity index (χ2v) is 8.69. The number of rotatable bonds is 5. The van der Waals surface area contributed by atoms with Crippen LogP contribution in [-0.4, -0.2) is 12.5 Å². The molecule has 3 aromatic carbocycles. The summed E-state index contributed by atoms with van der Waals surface area (Å²) in [5, 5.41) is 0.476. The average Bonchev–Trinajstić information content (AvgIpc) is 3.13. The lowest BCUT2D eigenvalue weighted by molar-refractivity contribution is 0.0971. The lowest BCUT2D eigenvalue weighted by Crippen LogP contribution is -2.29. The standard InChI is InChI=1S/C29H25NO4/c1-5-14-33-22-11-8-20(9-12-22)26-25-27(31)23-15-17(2)6-13-24(23)34-28(25)29(32)30(26)21-10-7-18(3)19(4)16-21/h5-13,15-16,26H,1,14H2,2-4H3. The molecular formula is C29H25NO4. The van der Waals surface area contributed by atoms with E-state index in [4.69, 9.17) is 9.15 Å². The summed E-state index contributed by atoms with van der Waals surface area (Å²) in [6, 6.07) is 18.2. The van der Waals surface area contributed by atoms with E-state index in [9.17, 15) is 9.59 Å². The van der Waals surface area contributed by atoms with E-state index < -0.39 is 6.04 Å². The fraction of sp³-hybridized carbons (Fsp3) is 0.172. The molecule has 0 saturated heterocycles. The molecule has 1 amide bonds. The molecule has 1 aliphatic heterocycles. The van der Waals surface area contributed by atoms with Crippen molar-refractivity contribution in [2.45, 2.75) is 26.8 Å². The molecule has 0 spiro atoms. The number of carbonyl (C=O) groups is 1. The van der Waals surface area contributed by atoms with Gasteiger partial charge in [0.25, 0.3) is 5.91 Å². The largest absolute Gasteiger partial charge is 0.490 e. The number of hydrogen-bond acceptors (Lipinski definition) is 4. The van der Waals surface area contributed by atoms with E-state index in [0.29, 0.717) is 28.9 Å². The highest BCUT2D eigenvalue weighted by atomic mass is 16.5. The number of benzene rings is 3. The third-order valence-corrected chi connectivity index (χ3v) is 6.36. The summed E-state index contributed by atoms with van der Waals surface area (Å²) in [5.74, 6) is 0.457. The highest BCUT2D eigenvalue weighted by molar-refractivity contribution is 6.10. The Kier molecular flexibility index (Phi) is 5.33. The Hall–Kier alpha value is -4.12. The summed E-state index contributed by atoms with van der Waals surface area (Å²) < 4.78 is 11.7. The van der Waals surface area contributed by atoms with Crippen molar-refractivity contribution in [3.63, 3.8) is 0 Å². The van der Waals surface area contributed by atoms with E-state index in [1.807, 2.05) is 75.4 Å². The molecular weight excluding hydrogens is 426 g/mol. The van der Waals surface area contributed by atoms with Crippen LogP contribution in [0.1, 0.15) is 44.4 Å². The van der Waals surface area contributed by atoms with Crippen LogP contribution in [-0.2, 0) is 0 Å². The van der Waals surface area contributed by atoms with E-state index in [0.717, 1.165) is 27.9 Å². The average molecular weight is 452 g/mol. The number of ether oxygens (including phenoxy) is 1. The molecule has 0 saturated carbocycles. The molecule has 34 heavy (non-hydrogen) atoms. The first-order chi connectivity index (χ1) is 16.4. The Labute approximate surface area is 197 Å². The number of amides is 1. The van der Waals surface area contributed by atoms with Crippen molar-refractivity contribution in [2.75, 3.05) is 11.5 Å². The minimum Gasteiger partial charge on any atom is -0.490 e. The van der Waals surface area contributed by atoms with Crippen LogP contribution in [0.4, 0.5) is 5.69 Å². The lowest BCUT2D eigenvalue weighted by atomic mass is 9.97. The van der Waals surface area contributed by atoms with Crippen LogP contribution in [0.15, 0.2) is 82.5 Å². The maximum absolute atomic E-state index is 13.7. The first-order valence-electron chi connectivity index (χ1n) is 11.2. The number of carbonyl (C=O) groups excluding carboxylic acids is 1. The van der Waals surface area contributed by atoms with Gasteiger partial charge in [-0.25, -0.2) is 0 Å². The molecule has 1 unspecified atom stereocenters. The molecule has 1 aromatic heterocycles. The van der Waals surface area contributed by atoms with Crippen LogP contribution < -0.4 is 15.1 Å². The minimum atomic E-state index is -0.612. The van der Waals surface area contributed by atoms with E-state index >= 15 is 0 Å². The van der Waals surface area contributed by atoms with Crippen LogP contribution in [0.5, 0.6) is 5.75 Å². The van der Waals surface area contributed by atoms with Gasteiger partial charge in [0.1, 0.15) is 17.9 Å². The molecule has 4 aromatic rings. The van der Waals surface area contributed by atoms with Crippen molar-refractivity contribution < 1.29 is 13.9 Å². The molecule has 5 nitrogen and oxygen atoms in total. The molecule has 0 fully saturated rings. The van der Waals surface area contributed by atoms with Crippen molar-refractivity contribution >= 4 is 22.6 Å². The SMILES string of the molecule is C=CCOc1ccc(C2c3c(oc4ccc(C)cc4c3=O)C(=O)N2c2ccc(C)c(C)c2)cc1. The van der Waals surface area contributed by atoms with Crippen LogP contribution in [0.25, 0.3) is 11.0 Å². The van der Waals surface area contributed by atoms with Gasteiger partial charge in [0, 0.05) is 5.69 Å². The Morgan fingerprint density at radius 3 is 2.44 bits per heavy atom. The first-order valence-corrected chi connectivity index (χ1v) is 11.2. The van der Waals surface area contributed by atoms with Crippen molar-refractivity contribution in [1.29, 1.82) is 0 Å². The van der Waals surface area contributed by atoms with Crippen LogP contribution in [0, 0.1) is 20.8 Å². The third-order valence-electron chi connectivity index (χ3n) is 6.36. The fourth-order valence-corrected chi connectivity index (χ4v) is 4.45. The second kappa shape index (κ2) is 8.34. The summed E-state index contributed by atoms with van der Waals surface area (Å²) in [6.45, 7) is 10.0. The summed E-state index contributed by atoms with van der Waals surface area (Å²) >= 11 is 0. The first kappa shape index (κ1) is 21.7. The van der Waals surface area contributed by atoms with Gasteiger partial charge >= 0.3 is 0 Å². The van der Waals surface area contributed by atoms with Crippen LogP contribution >= 0.6 is 0 Å². The van der Waals surface area contributed by atoms with Gasteiger partial charge in [-0.1, -0.05) is 42.5 Å². The topological polar surface area (TPSA) is 59.8 Å². The van der Waals surface area contributed by atoms with E-state index in [1.54, 1.807) is 17.0 Å². The van der Waals surface area contributed by atoms with Gasteiger partial charge in [0.2, 0.25) is 5.76 Å². The molecule has 170 valence electrons. The normalized spacial score (nSPS) is 15.0. The Balaban J connectivity index is 1.74. The predicted molar refractivity (Wildman–Crippen MR) is 134 cm³/mol. The molecule has 1 atom stereocenters. The molecule has 5 rings (SSSR count). The number of aryl methyl sites for hydroxylation is 3. The Morgan fingerprint density at radius 1 is 0.971 bits per heavy atom. The number of hydrogen-bond donors (Lipinski definition) is 0. The Bertz CT molecular complexity index is 1500. The smallest absolute Gasteiger partial charge is 0.295 e. The van der Waals surface area contributed by atoms with Crippen molar-refractivity contribution in [2.24, 2.45) is 0 Å². The number of anilines is 1. The van der Waals surface area contributed by atoms with Gasteiger partial charge < -0.3 is 9.15 Å². The van der Waals surface area contributed by atoms with Gasteiger partial charge in [-0.3, -0.25) is 14.5 Å². The molecule has 0 N–H and O–H groups in total. The van der Waals surface area contributed by atoms with Gasteiger partial charge in [-0.15, -0.1) is 0 Å². The summed E-state index contributed by atoms with van der Waals surface area (Å²) in [4.78, 5) is 29.1. The highest BCUT2D eigenvalue weighted by Crippen LogP contribution is 2.42. The summed E-state index contributed by atoms with van der Waals surface area (Å²) in [5.41, 5.74) is 5.26. The zero-order valence-corrected chi connectivity index (χ0v) is 19.4. The molecule has 5 heteroatoms. The number of nitrogens with zero attached hydrogens (tertiary/aromatic N) is 1. The van der Waals surface area contributed by atoms with E-state index in [1.165, 1.54) is 0 Å². The lowest BCUT2D eigenvalue weighted by Gasteiger charge is -2.26. The molecule has 0 radical (unpaired) electrons. The van der Waals surface area contributed by atoms with Gasteiger partial charge in [0.05, 0.1) is 17.0 Å². The maximum Gasteiger partial charge on any atom is 0.295 e. The quantitative estimate of drug-likeness (QED) is 0.348. The maximum atomic E-state index is 13.7. The Morgan fingerprint density at radius 2 is 1.74 bits per heavy atom. The predicted octanol–water partition coefficient (Wildman–Crippen LogP) is 6.03. The van der Waals surface area contributed by atoms with Crippen LogP contribution in [0.3, 0.4) is 0 Å². The van der Waals surface area contributed by atoms with Gasteiger partial charge in [-0.05, 0) is 73.9 Å². The fourth-order valence-electron chi connectivity index (χ4n) is 4.45. The molecule has 2 heterocycles. The highest BCUT2D eigenvalue weighted by Gasteiger charge is 2.43. The third kappa shape index (κ3) is 3.50. The monoisotopic (exact) mass is 451 g/mol. The molecule has 0 bridgehead atoms. The van der Waals surface area contributed by atoms with Gasteiger partial charge in [-0.2, -0.15) is 0 Å².